The highest BCUT2D eigenvalue weighted by molar-refractivity contribution is 6.15. The minimum Gasteiger partial charge on any atom is -0.455 e. The number of rotatable bonds is 3. The monoisotopic (exact) mass is 717 g/mol. The molecule has 2 aromatic heterocycles. The Labute approximate surface area is 326 Å². The maximum absolute atomic E-state index is 7.01. The molecule has 0 N–H and O–H groups in total. The predicted octanol–water partition coefficient (Wildman–Crippen LogP) is 14.6. The zero-order chi connectivity index (χ0) is 37.5. The van der Waals surface area contributed by atoms with E-state index < -0.39 is 0 Å². The van der Waals surface area contributed by atoms with Gasteiger partial charge in [-0.2, -0.15) is 0 Å². The fourth-order valence-corrected chi connectivity index (χ4v) is 10.4. The van der Waals surface area contributed by atoms with Crippen LogP contribution < -0.4 is 0 Å². The lowest BCUT2D eigenvalue weighted by Gasteiger charge is -2.22. The number of furan rings is 1. The molecule has 0 radical (unpaired) electrons. The van der Waals surface area contributed by atoms with Crippen LogP contribution in [0.2, 0.25) is 0 Å². The molecule has 0 unspecified atom stereocenters. The third kappa shape index (κ3) is 4.11. The molecule has 2 aliphatic carbocycles. The largest absolute Gasteiger partial charge is 0.455 e. The van der Waals surface area contributed by atoms with E-state index in [0.29, 0.717) is 0 Å². The van der Waals surface area contributed by atoms with Crippen LogP contribution in [-0.2, 0) is 10.8 Å². The van der Waals surface area contributed by atoms with Crippen molar-refractivity contribution >= 4 is 43.7 Å². The average Bonchev–Trinajstić information content (AvgIpc) is 3.91. The third-order valence-electron chi connectivity index (χ3n) is 13.2. The summed E-state index contributed by atoms with van der Waals surface area (Å²) in [6.07, 6.45) is 0. The summed E-state index contributed by atoms with van der Waals surface area (Å²) < 4.78 is 9.43. The van der Waals surface area contributed by atoms with E-state index in [0.717, 1.165) is 33.4 Å². The number of fused-ring (bicyclic) bond motifs is 13. The standard InChI is InChI=1S/C54H39NO/c1-53(2)45-21-9-6-17-42(45)50-46(53)27-26-41-40-19-12-18-36(51(40)56-52(41)50)34-13-11-14-35(29-34)55-48-22-10-7-16-39(48)43-30-32(24-28-49(43)55)33-23-25-38-37-15-5-8-20-44(37)54(3,4)47(38)31-33/h5-31H,1-4H3. The van der Waals surface area contributed by atoms with Crippen LogP contribution in [0.15, 0.2) is 168 Å². The van der Waals surface area contributed by atoms with E-state index in [4.69, 9.17) is 4.42 Å². The van der Waals surface area contributed by atoms with Crippen LogP contribution in [0.3, 0.4) is 0 Å². The zero-order valence-corrected chi connectivity index (χ0v) is 31.9. The fourth-order valence-electron chi connectivity index (χ4n) is 10.4. The van der Waals surface area contributed by atoms with E-state index in [1.165, 1.54) is 82.8 Å². The molecule has 8 aromatic carbocycles. The Morgan fingerprint density at radius 2 is 1.00 bits per heavy atom. The Balaban J connectivity index is 0.999. The molecule has 0 spiro atoms. The van der Waals surface area contributed by atoms with Crippen molar-refractivity contribution in [3.05, 3.63) is 186 Å². The van der Waals surface area contributed by atoms with Gasteiger partial charge in [0.05, 0.1) is 11.0 Å². The lowest BCUT2D eigenvalue weighted by Crippen LogP contribution is -2.14. The fraction of sp³-hybridized carbons (Fsp3) is 0.111. The van der Waals surface area contributed by atoms with Crippen molar-refractivity contribution in [3.8, 4) is 50.2 Å². The Bertz CT molecular complexity index is 3310. The predicted molar refractivity (Wildman–Crippen MR) is 234 cm³/mol. The van der Waals surface area contributed by atoms with E-state index in [2.05, 4.69) is 196 Å². The first-order chi connectivity index (χ1) is 27.3. The molecule has 0 saturated carbocycles. The van der Waals surface area contributed by atoms with E-state index >= 15 is 0 Å². The van der Waals surface area contributed by atoms with E-state index in [9.17, 15) is 0 Å². The average molecular weight is 718 g/mol. The second-order valence-electron chi connectivity index (χ2n) is 16.9. The van der Waals surface area contributed by atoms with Gasteiger partial charge in [-0.1, -0.05) is 155 Å². The van der Waals surface area contributed by atoms with Crippen molar-refractivity contribution < 1.29 is 4.42 Å². The highest BCUT2D eigenvalue weighted by atomic mass is 16.3. The molecule has 2 aliphatic rings. The molecule has 266 valence electrons. The number of hydrogen-bond acceptors (Lipinski definition) is 1. The van der Waals surface area contributed by atoms with Crippen molar-refractivity contribution in [2.75, 3.05) is 0 Å². The topological polar surface area (TPSA) is 18.1 Å². The zero-order valence-electron chi connectivity index (χ0n) is 31.9. The second-order valence-corrected chi connectivity index (χ2v) is 16.9. The van der Waals surface area contributed by atoms with Gasteiger partial charge in [-0.15, -0.1) is 0 Å². The summed E-state index contributed by atoms with van der Waals surface area (Å²) in [5, 5.41) is 4.82. The van der Waals surface area contributed by atoms with Gasteiger partial charge in [-0.05, 0) is 92.0 Å². The molecule has 0 amide bonds. The van der Waals surface area contributed by atoms with Crippen LogP contribution >= 0.6 is 0 Å². The molecule has 0 aliphatic heterocycles. The normalized spacial score (nSPS) is 14.7. The SMILES string of the molecule is CC1(C)c2ccccc2-c2ccc(-c3ccc4c(c3)c3ccccc3n4-c3cccc(-c4cccc5c4oc4c6c(ccc45)C(C)(C)c4ccccc4-6)c3)cc21. The van der Waals surface area contributed by atoms with Gasteiger partial charge >= 0.3 is 0 Å². The number of aromatic nitrogens is 1. The third-order valence-corrected chi connectivity index (χ3v) is 13.2. The van der Waals surface area contributed by atoms with Crippen LogP contribution in [0.1, 0.15) is 49.9 Å². The summed E-state index contributed by atoms with van der Waals surface area (Å²) in [4.78, 5) is 0. The smallest absolute Gasteiger partial charge is 0.143 e. The molecule has 0 fully saturated rings. The summed E-state index contributed by atoms with van der Waals surface area (Å²) in [6.45, 7) is 9.36. The van der Waals surface area contributed by atoms with Crippen molar-refractivity contribution in [3.63, 3.8) is 0 Å². The van der Waals surface area contributed by atoms with Gasteiger partial charge in [0.15, 0.2) is 0 Å². The van der Waals surface area contributed by atoms with Crippen molar-refractivity contribution in [2.45, 2.75) is 38.5 Å². The van der Waals surface area contributed by atoms with Gasteiger partial charge < -0.3 is 8.98 Å². The van der Waals surface area contributed by atoms with Crippen LogP contribution in [0.25, 0.3) is 93.9 Å². The number of para-hydroxylation sites is 2. The van der Waals surface area contributed by atoms with E-state index in [-0.39, 0.29) is 10.8 Å². The molecular formula is C54H39NO. The van der Waals surface area contributed by atoms with Gasteiger partial charge in [0, 0.05) is 49.2 Å². The van der Waals surface area contributed by atoms with E-state index in [1.54, 1.807) is 0 Å². The van der Waals surface area contributed by atoms with Crippen LogP contribution in [0, 0.1) is 0 Å². The number of benzene rings is 8. The molecule has 56 heavy (non-hydrogen) atoms. The molecule has 2 nitrogen and oxygen atoms in total. The van der Waals surface area contributed by atoms with Gasteiger partial charge in [0.25, 0.3) is 0 Å². The lowest BCUT2D eigenvalue weighted by atomic mass is 9.81. The van der Waals surface area contributed by atoms with Gasteiger partial charge in [0.1, 0.15) is 11.2 Å². The van der Waals surface area contributed by atoms with Crippen LogP contribution in [0.4, 0.5) is 0 Å². The quantitative estimate of drug-likeness (QED) is 0.178. The van der Waals surface area contributed by atoms with Gasteiger partial charge in [-0.3, -0.25) is 0 Å². The lowest BCUT2D eigenvalue weighted by molar-refractivity contribution is 0.653. The summed E-state index contributed by atoms with van der Waals surface area (Å²) in [5.74, 6) is 0. The number of hydrogen-bond donors (Lipinski definition) is 0. The summed E-state index contributed by atoms with van der Waals surface area (Å²) in [6, 6.07) is 60.7. The first-order valence-electron chi connectivity index (χ1n) is 19.8. The minimum atomic E-state index is -0.0794. The summed E-state index contributed by atoms with van der Waals surface area (Å²) >= 11 is 0. The molecular weight excluding hydrogens is 679 g/mol. The number of nitrogens with zero attached hydrogens (tertiary/aromatic N) is 1. The molecule has 2 heteroatoms. The minimum absolute atomic E-state index is 0.0395. The molecule has 12 rings (SSSR count). The maximum Gasteiger partial charge on any atom is 0.143 e. The first-order valence-corrected chi connectivity index (χ1v) is 19.8. The van der Waals surface area contributed by atoms with Crippen molar-refractivity contribution in [2.24, 2.45) is 0 Å². The second kappa shape index (κ2) is 11.0. The Kier molecular flexibility index (Phi) is 6.22. The first kappa shape index (κ1) is 31.7. The van der Waals surface area contributed by atoms with Crippen molar-refractivity contribution in [1.29, 1.82) is 0 Å². The van der Waals surface area contributed by atoms with Gasteiger partial charge in [-0.25, -0.2) is 0 Å². The van der Waals surface area contributed by atoms with Crippen LogP contribution in [-0.4, -0.2) is 4.57 Å². The van der Waals surface area contributed by atoms with Crippen molar-refractivity contribution in [1.82, 2.24) is 4.57 Å². The Morgan fingerprint density at radius 1 is 0.375 bits per heavy atom. The molecule has 0 atom stereocenters. The summed E-state index contributed by atoms with van der Waals surface area (Å²) in [5.41, 5.74) is 20.7. The molecule has 0 bridgehead atoms. The molecule has 2 heterocycles. The molecule has 10 aromatic rings. The highest BCUT2D eigenvalue weighted by Gasteiger charge is 2.38. The molecule has 0 saturated heterocycles. The van der Waals surface area contributed by atoms with Gasteiger partial charge in [0.2, 0.25) is 0 Å². The summed E-state index contributed by atoms with van der Waals surface area (Å²) in [7, 11) is 0. The Morgan fingerprint density at radius 3 is 1.88 bits per heavy atom. The van der Waals surface area contributed by atoms with E-state index in [1.807, 2.05) is 0 Å². The maximum atomic E-state index is 7.01. The van der Waals surface area contributed by atoms with Crippen LogP contribution in [0.5, 0.6) is 0 Å². The highest BCUT2D eigenvalue weighted by Crippen LogP contribution is 2.53. The Hall–Kier alpha value is -6.64.